The lowest BCUT2D eigenvalue weighted by Gasteiger charge is -2.29. The van der Waals surface area contributed by atoms with Gasteiger partial charge in [0.1, 0.15) is 11.5 Å². The van der Waals surface area contributed by atoms with Gasteiger partial charge < -0.3 is 19.5 Å². The summed E-state index contributed by atoms with van der Waals surface area (Å²) in [6, 6.07) is 9.49. The number of aromatic nitrogens is 1. The highest BCUT2D eigenvalue weighted by Gasteiger charge is 2.31. The molecule has 1 heterocycles. The van der Waals surface area contributed by atoms with Gasteiger partial charge in [-0.1, -0.05) is 19.9 Å². The highest BCUT2D eigenvalue weighted by molar-refractivity contribution is 5.95. The molecule has 3 aromatic rings. The number of carboxylic acid groups (broad SMARTS) is 1. The molecule has 8 nitrogen and oxygen atoms in total. The Kier molecular flexibility index (Phi) is 8.99. The van der Waals surface area contributed by atoms with E-state index >= 15 is 0 Å². The summed E-state index contributed by atoms with van der Waals surface area (Å²) < 4.78 is 12.8. The molecular weight excluding hydrogens is 484 g/mol. The molecular formula is C30H38N2O6. The molecule has 0 saturated heterocycles. The highest BCUT2D eigenvalue weighted by Crippen LogP contribution is 2.39. The molecule has 0 atom stereocenters. The zero-order chi connectivity index (χ0) is 28.2. The van der Waals surface area contributed by atoms with Crippen molar-refractivity contribution < 1.29 is 29.0 Å². The van der Waals surface area contributed by atoms with Crippen LogP contribution in [0.1, 0.15) is 60.2 Å². The van der Waals surface area contributed by atoms with Crippen molar-refractivity contribution in [2.75, 3.05) is 27.7 Å². The molecule has 0 fully saturated rings. The average Bonchev–Trinajstić information content (AvgIpc) is 3.18. The fourth-order valence-corrected chi connectivity index (χ4v) is 4.96. The van der Waals surface area contributed by atoms with Gasteiger partial charge in [0.05, 0.1) is 25.5 Å². The molecule has 0 unspecified atom stereocenters. The van der Waals surface area contributed by atoms with Crippen molar-refractivity contribution in [3.63, 3.8) is 0 Å². The van der Waals surface area contributed by atoms with Crippen LogP contribution >= 0.6 is 0 Å². The molecule has 2 aromatic carbocycles. The maximum absolute atomic E-state index is 13.8. The smallest absolute Gasteiger partial charge is 0.311 e. The first-order valence-electron chi connectivity index (χ1n) is 12.7. The van der Waals surface area contributed by atoms with Gasteiger partial charge in [0.2, 0.25) is 5.91 Å². The van der Waals surface area contributed by atoms with Gasteiger partial charge >= 0.3 is 11.9 Å². The van der Waals surface area contributed by atoms with Gasteiger partial charge in [-0.3, -0.25) is 19.0 Å². The van der Waals surface area contributed by atoms with Crippen molar-refractivity contribution in [1.82, 2.24) is 9.47 Å². The number of aryl methyl sites for hydroxylation is 2. The van der Waals surface area contributed by atoms with Gasteiger partial charge in [-0.25, -0.2) is 0 Å². The molecule has 0 amide bonds. The minimum Gasteiger partial charge on any atom is -0.497 e. The van der Waals surface area contributed by atoms with Crippen LogP contribution in [0.25, 0.3) is 10.9 Å². The first kappa shape index (κ1) is 28.9. The third kappa shape index (κ3) is 6.81. The van der Waals surface area contributed by atoms with Crippen LogP contribution in [-0.4, -0.2) is 60.2 Å². The van der Waals surface area contributed by atoms with Crippen LogP contribution in [0.5, 0.6) is 11.5 Å². The summed E-state index contributed by atoms with van der Waals surface area (Å²) in [5.41, 5.74) is 3.78. The lowest BCUT2D eigenvalue weighted by atomic mass is 9.78. The maximum Gasteiger partial charge on any atom is 0.311 e. The number of nitrogens with zero attached hydrogens (tertiary/aromatic N) is 2. The Hall–Kier alpha value is -3.65. The van der Waals surface area contributed by atoms with E-state index in [1.807, 2.05) is 72.3 Å². The van der Waals surface area contributed by atoms with Gasteiger partial charge in [-0.05, 0) is 75.3 Å². The monoisotopic (exact) mass is 522 g/mol. The van der Waals surface area contributed by atoms with E-state index in [1.165, 1.54) is 0 Å². The third-order valence-corrected chi connectivity index (χ3v) is 6.67. The van der Waals surface area contributed by atoms with Gasteiger partial charge in [-0.2, -0.15) is 0 Å². The topological polar surface area (TPSA) is 98.1 Å². The van der Waals surface area contributed by atoms with Gasteiger partial charge in [0.15, 0.2) is 0 Å². The Balaban J connectivity index is 1.97. The van der Waals surface area contributed by atoms with Crippen LogP contribution in [0.15, 0.2) is 36.5 Å². The molecule has 0 spiro atoms. The predicted octanol–water partition coefficient (Wildman–Crippen LogP) is 5.15. The number of carbonyl (C=O) groups excluding carboxylic acids is 2. The SMILES string of the molecule is COc1ccc2c(c1)c(CCN(C)C)cn2C(=O)CC(C)(C)c1c(C)cc(C)cc1OC(=O)CCC(=O)O. The van der Waals surface area contributed by atoms with Gasteiger partial charge in [-0.15, -0.1) is 0 Å². The molecule has 0 bridgehead atoms. The van der Waals surface area contributed by atoms with Crippen molar-refractivity contribution >= 4 is 28.7 Å². The van der Waals surface area contributed by atoms with E-state index < -0.39 is 17.4 Å². The lowest BCUT2D eigenvalue weighted by Crippen LogP contribution is -2.27. The van der Waals surface area contributed by atoms with Crippen LogP contribution < -0.4 is 9.47 Å². The van der Waals surface area contributed by atoms with Crippen molar-refractivity contribution in [3.05, 3.63) is 58.8 Å². The second-order valence-corrected chi connectivity index (χ2v) is 10.7. The van der Waals surface area contributed by atoms with E-state index in [0.717, 1.165) is 51.9 Å². The largest absolute Gasteiger partial charge is 0.497 e. The molecule has 8 heteroatoms. The number of carboxylic acids is 1. The Labute approximate surface area is 224 Å². The van der Waals surface area contributed by atoms with Crippen LogP contribution in [0.3, 0.4) is 0 Å². The van der Waals surface area contributed by atoms with E-state index in [1.54, 1.807) is 17.7 Å². The Bertz CT molecular complexity index is 1350. The van der Waals surface area contributed by atoms with Crippen molar-refractivity contribution in [2.24, 2.45) is 0 Å². The molecule has 3 rings (SSSR count). The fraction of sp³-hybridized carbons (Fsp3) is 0.433. The van der Waals surface area contributed by atoms with E-state index in [0.29, 0.717) is 5.75 Å². The van der Waals surface area contributed by atoms with Crippen LogP contribution in [0.2, 0.25) is 0 Å². The number of aliphatic carboxylic acids is 1. The quantitative estimate of drug-likeness (QED) is 0.275. The summed E-state index contributed by atoms with van der Waals surface area (Å²) in [5, 5.41) is 9.90. The number of fused-ring (bicyclic) bond motifs is 1. The van der Waals surface area contributed by atoms with Crippen molar-refractivity contribution in [1.29, 1.82) is 0 Å². The minimum absolute atomic E-state index is 0.0793. The number of esters is 1. The number of rotatable bonds is 11. The summed E-state index contributed by atoms with van der Waals surface area (Å²) in [5.74, 6) is -0.653. The molecule has 0 radical (unpaired) electrons. The summed E-state index contributed by atoms with van der Waals surface area (Å²) in [6.07, 6.45) is 2.34. The number of carbonyl (C=O) groups is 3. The molecule has 0 aliphatic rings. The van der Waals surface area contributed by atoms with Crippen molar-refractivity contribution in [3.8, 4) is 11.5 Å². The summed E-state index contributed by atoms with van der Waals surface area (Å²) in [7, 11) is 5.66. The van der Waals surface area contributed by atoms with E-state index in [-0.39, 0.29) is 25.2 Å². The Morgan fingerprint density at radius 1 is 1.05 bits per heavy atom. The van der Waals surface area contributed by atoms with E-state index in [9.17, 15) is 14.4 Å². The molecule has 204 valence electrons. The number of methoxy groups -OCH3 is 1. The summed E-state index contributed by atoms with van der Waals surface area (Å²) in [4.78, 5) is 39.2. The van der Waals surface area contributed by atoms with Gasteiger partial charge in [0.25, 0.3) is 0 Å². The molecule has 1 aromatic heterocycles. The molecule has 1 N–H and O–H groups in total. The standard InChI is InChI=1S/C30H38N2O6/c1-19-14-20(2)29(25(15-19)38-28(36)11-10-27(34)35)30(3,4)17-26(33)32-18-21(12-13-31(5)6)23-16-22(37-7)8-9-24(23)32/h8-9,14-16,18H,10-13,17H2,1-7H3,(H,34,35). The second kappa shape index (κ2) is 11.8. The molecule has 0 aliphatic heterocycles. The normalized spacial score (nSPS) is 11.7. The van der Waals surface area contributed by atoms with Crippen LogP contribution in [0, 0.1) is 13.8 Å². The molecule has 0 aliphatic carbocycles. The summed E-state index contributed by atoms with van der Waals surface area (Å²) >= 11 is 0. The Morgan fingerprint density at radius 3 is 2.39 bits per heavy atom. The predicted molar refractivity (Wildman–Crippen MR) is 147 cm³/mol. The number of likely N-dealkylation sites (N-methyl/N-ethyl adjacent to an activating group) is 1. The number of ether oxygens (including phenoxy) is 2. The second-order valence-electron chi connectivity index (χ2n) is 10.7. The highest BCUT2D eigenvalue weighted by atomic mass is 16.5. The summed E-state index contributed by atoms with van der Waals surface area (Å²) in [6.45, 7) is 8.59. The molecule has 0 saturated carbocycles. The minimum atomic E-state index is -1.06. The first-order chi connectivity index (χ1) is 17.8. The fourth-order valence-electron chi connectivity index (χ4n) is 4.96. The Morgan fingerprint density at radius 2 is 1.76 bits per heavy atom. The molecule has 38 heavy (non-hydrogen) atoms. The average molecular weight is 523 g/mol. The van der Waals surface area contributed by atoms with Crippen molar-refractivity contribution in [2.45, 2.75) is 58.8 Å². The number of benzene rings is 2. The first-order valence-corrected chi connectivity index (χ1v) is 12.7. The lowest BCUT2D eigenvalue weighted by molar-refractivity contribution is -0.142. The van der Waals surface area contributed by atoms with Crippen LogP contribution in [-0.2, 0) is 21.4 Å². The van der Waals surface area contributed by atoms with E-state index in [4.69, 9.17) is 14.6 Å². The third-order valence-electron chi connectivity index (χ3n) is 6.67. The number of hydrogen-bond donors (Lipinski definition) is 1. The maximum atomic E-state index is 13.8. The van der Waals surface area contributed by atoms with Crippen LogP contribution in [0.4, 0.5) is 0 Å². The number of hydrogen-bond acceptors (Lipinski definition) is 6. The zero-order valence-electron chi connectivity index (χ0n) is 23.4. The van der Waals surface area contributed by atoms with E-state index in [2.05, 4.69) is 4.90 Å². The van der Waals surface area contributed by atoms with Gasteiger partial charge in [0, 0.05) is 35.5 Å². The zero-order valence-corrected chi connectivity index (χ0v) is 23.4.